The predicted molar refractivity (Wildman–Crippen MR) is 106 cm³/mol. The highest BCUT2D eigenvalue weighted by molar-refractivity contribution is 6.30. The van der Waals surface area contributed by atoms with E-state index in [1.165, 1.54) is 6.42 Å². The topological polar surface area (TPSA) is 71.8 Å². The predicted octanol–water partition coefficient (Wildman–Crippen LogP) is 3.09. The molecule has 0 aromatic carbocycles. The molecular formula is C19H20ClF2N7. The van der Waals surface area contributed by atoms with Crippen LogP contribution in [0.3, 0.4) is 0 Å². The summed E-state index contributed by atoms with van der Waals surface area (Å²) in [6, 6.07) is 4.28. The second-order valence-electron chi connectivity index (χ2n) is 7.74. The van der Waals surface area contributed by atoms with Gasteiger partial charge in [0, 0.05) is 56.1 Å². The van der Waals surface area contributed by atoms with Gasteiger partial charge < -0.3 is 10.2 Å². The molecule has 0 amide bonds. The molecule has 10 heteroatoms. The summed E-state index contributed by atoms with van der Waals surface area (Å²) in [5.74, 6) is -2.60. The second-order valence-corrected chi connectivity index (χ2v) is 8.13. The van der Waals surface area contributed by atoms with Gasteiger partial charge in [0.25, 0.3) is 0 Å². The van der Waals surface area contributed by atoms with Gasteiger partial charge in [-0.25, -0.2) is 19.6 Å². The fourth-order valence-electron chi connectivity index (χ4n) is 4.03. The molecule has 2 unspecified atom stereocenters. The van der Waals surface area contributed by atoms with E-state index in [1.807, 2.05) is 6.92 Å². The number of hydrogen-bond donors (Lipinski definition) is 1. The van der Waals surface area contributed by atoms with Crippen molar-refractivity contribution in [2.24, 2.45) is 0 Å². The molecular weight excluding hydrogens is 400 g/mol. The number of alkyl halides is 2. The Hall–Kier alpha value is -2.39. The summed E-state index contributed by atoms with van der Waals surface area (Å²) in [5, 5.41) is 9.38. The van der Waals surface area contributed by atoms with Gasteiger partial charge in [0.05, 0.1) is 10.9 Å². The molecule has 0 radical (unpaired) electrons. The first-order valence-corrected chi connectivity index (χ1v) is 10.0. The van der Waals surface area contributed by atoms with Gasteiger partial charge in [-0.1, -0.05) is 18.5 Å². The minimum atomic E-state index is -3.15. The smallest absolute Gasteiger partial charge is 0.303 e. The van der Waals surface area contributed by atoms with Crippen LogP contribution in [0.5, 0.6) is 0 Å². The summed E-state index contributed by atoms with van der Waals surface area (Å²) in [6.45, 7) is 4.34. The number of nitrogens with one attached hydrogen (secondary N) is 1. The third-order valence-electron chi connectivity index (χ3n) is 5.47. The van der Waals surface area contributed by atoms with Crippen molar-refractivity contribution in [3.63, 3.8) is 0 Å². The lowest BCUT2D eigenvalue weighted by Crippen LogP contribution is -2.67. The van der Waals surface area contributed by atoms with Crippen molar-refractivity contribution in [3.05, 3.63) is 35.0 Å². The van der Waals surface area contributed by atoms with Crippen LogP contribution in [0.4, 0.5) is 14.6 Å². The van der Waals surface area contributed by atoms with Gasteiger partial charge in [-0.2, -0.15) is 8.78 Å². The van der Waals surface area contributed by atoms with E-state index in [9.17, 15) is 8.78 Å². The maximum Gasteiger partial charge on any atom is 0.303 e. The van der Waals surface area contributed by atoms with Gasteiger partial charge in [0.15, 0.2) is 11.6 Å². The van der Waals surface area contributed by atoms with E-state index in [1.54, 1.807) is 23.0 Å². The van der Waals surface area contributed by atoms with Crippen molar-refractivity contribution in [2.75, 3.05) is 18.0 Å². The summed E-state index contributed by atoms with van der Waals surface area (Å²) >= 11 is 6.14. The van der Waals surface area contributed by atoms with Crippen molar-refractivity contribution >= 4 is 28.3 Å². The van der Waals surface area contributed by atoms with Crippen LogP contribution in [0.25, 0.3) is 16.7 Å². The number of aryl methyl sites for hydroxylation is 1. The number of piperazine rings is 1. The molecule has 3 aliphatic heterocycles. The molecule has 2 bridgehead atoms. The third kappa shape index (κ3) is 3.22. The van der Waals surface area contributed by atoms with Crippen LogP contribution in [0.1, 0.15) is 31.8 Å². The molecule has 1 N–H and O–H groups in total. The molecule has 6 rings (SSSR count). The van der Waals surface area contributed by atoms with E-state index in [4.69, 9.17) is 16.7 Å². The third-order valence-corrected chi connectivity index (χ3v) is 5.68. The SMILES string of the molecule is CCc1cc(-n2nc(N3CC4CC(C3)N4)c3cnc(Cl)cc32)nc(C(C)(F)F)n1. The highest BCUT2D eigenvalue weighted by atomic mass is 35.5. The number of pyridine rings is 1. The quantitative estimate of drug-likeness (QED) is 0.655. The van der Waals surface area contributed by atoms with Crippen molar-refractivity contribution in [3.8, 4) is 5.82 Å². The summed E-state index contributed by atoms with van der Waals surface area (Å²) in [6.07, 6.45) is 3.36. The Bertz CT molecular complexity index is 1080. The van der Waals surface area contributed by atoms with Gasteiger partial charge in [0.1, 0.15) is 5.15 Å². The van der Waals surface area contributed by atoms with Gasteiger partial charge >= 0.3 is 5.92 Å². The first-order chi connectivity index (χ1) is 13.8. The van der Waals surface area contributed by atoms with Crippen LogP contribution in [-0.2, 0) is 12.3 Å². The van der Waals surface area contributed by atoms with Crippen molar-refractivity contribution in [1.29, 1.82) is 0 Å². The van der Waals surface area contributed by atoms with E-state index < -0.39 is 11.7 Å². The fraction of sp³-hybridized carbons (Fsp3) is 0.474. The van der Waals surface area contributed by atoms with Gasteiger partial charge in [-0.15, -0.1) is 5.10 Å². The molecule has 2 atom stereocenters. The van der Waals surface area contributed by atoms with Crippen LogP contribution >= 0.6 is 11.6 Å². The van der Waals surface area contributed by atoms with E-state index in [2.05, 4.69) is 25.2 Å². The zero-order valence-electron chi connectivity index (χ0n) is 16.0. The van der Waals surface area contributed by atoms with Crippen LogP contribution < -0.4 is 10.2 Å². The molecule has 3 saturated heterocycles. The molecule has 7 nitrogen and oxygen atoms in total. The van der Waals surface area contributed by atoms with E-state index in [0.717, 1.165) is 31.2 Å². The normalized spacial score (nSPS) is 21.5. The Morgan fingerprint density at radius 3 is 2.62 bits per heavy atom. The Balaban J connectivity index is 1.68. The molecule has 3 aromatic heterocycles. The molecule has 0 aliphatic carbocycles. The summed E-state index contributed by atoms with van der Waals surface area (Å²) in [4.78, 5) is 14.5. The number of nitrogens with zero attached hydrogens (tertiary/aromatic N) is 6. The molecule has 3 aromatic rings. The highest BCUT2D eigenvalue weighted by Gasteiger charge is 2.38. The fourth-order valence-corrected chi connectivity index (χ4v) is 4.19. The maximum atomic E-state index is 14.0. The first-order valence-electron chi connectivity index (χ1n) is 9.63. The number of halogens is 3. The lowest BCUT2D eigenvalue weighted by Gasteiger charge is -2.48. The van der Waals surface area contributed by atoms with E-state index >= 15 is 0 Å². The maximum absolute atomic E-state index is 14.0. The van der Waals surface area contributed by atoms with Crippen LogP contribution in [0.15, 0.2) is 18.3 Å². The monoisotopic (exact) mass is 419 g/mol. The summed E-state index contributed by atoms with van der Waals surface area (Å²) in [7, 11) is 0. The Kier molecular flexibility index (Phi) is 4.22. The zero-order valence-corrected chi connectivity index (χ0v) is 16.8. The number of aromatic nitrogens is 5. The number of fused-ring (bicyclic) bond motifs is 3. The van der Waals surface area contributed by atoms with Crippen molar-refractivity contribution < 1.29 is 8.78 Å². The molecule has 0 saturated carbocycles. The molecule has 152 valence electrons. The van der Waals surface area contributed by atoms with Gasteiger partial charge in [-0.3, -0.25) is 0 Å². The molecule has 3 aliphatic rings. The minimum absolute atomic E-state index is 0.298. The highest BCUT2D eigenvalue weighted by Crippen LogP contribution is 2.33. The average molecular weight is 420 g/mol. The van der Waals surface area contributed by atoms with Crippen LogP contribution in [0.2, 0.25) is 5.15 Å². The Labute approximate surface area is 171 Å². The molecule has 3 fully saturated rings. The molecule has 6 heterocycles. The average Bonchev–Trinajstić information content (AvgIpc) is 3.05. The van der Waals surface area contributed by atoms with E-state index in [-0.39, 0.29) is 0 Å². The Morgan fingerprint density at radius 2 is 1.97 bits per heavy atom. The second kappa shape index (κ2) is 6.56. The summed E-state index contributed by atoms with van der Waals surface area (Å²) in [5.41, 5.74) is 1.21. The van der Waals surface area contributed by atoms with Gasteiger partial charge in [0.2, 0.25) is 5.82 Å². The minimum Gasteiger partial charge on any atom is -0.351 e. The largest absolute Gasteiger partial charge is 0.351 e. The number of rotatable bonds is 4. The number of anilines is 1. The first kappa shape index (κ1) is 18.6. The standard InChI is InChI=1S/C19H20ClF2N7/c1-3-10-5-16(26-18(25-10)19(2,21)22)29-14-6-15(20)23-7-13(14)17(27-29)28-8-11-4-12(9-28)24-11/h5-7,11-12,24H,3-4,8-9H2,1-2H3. The lowest BCUT2D eigenvalue weighted by molar-refractivity contribution is 0.00742. The number of piperidine rings is 1. The van der Waals surface area contributed by atoms with Crippen LogP contribution in [-0.4, -0.2) is 49.9 Å². The summed E-state index contributed by atoms with van der Waals surface area (Å²) < 4.78 is 29.5. The molecule has 29 heavy (non-hydrogen) atoms. The van der Waals surface area contributed by atoms with E-state index in [0.29, 0.717) is 40.7 Å². The van der Waals surface area contributed by atoms with Crippen molar-refractivity contribution in [2.45, 2.75) is 44.7 Å². The molecule has 0 spiro atoms. The van der Waals surface area contributed by atoms with Gasteiger partial charge in [-0.05, 0) is 12.8 Å². The number of hydrogen-bond acceptors (Lipinski definition) is 6. The van der Waals surface area contributed by atoms with Crippen molar-refractivity contribution in [1.82, 2.24) is 30.0 Å². The lowest BCUT2D eigenvalue weighted by atomic mass is 9.91. The Morgan fingerprint density at radius 1 is 1.24 bits per heavy atom. The van der Waals surface area contributed by atoms with Crippen LogP contribution in [0, 0.1) is 0 Å². The zero-order chi connectivity index (χ0) is 20.3.